The van der Waals surface area contributed by atoms with Crippen molar-refractivity contribution in [1.29, 1.82) is 0 Å². The summed E-state index contributed by atoms with van der Waals surface area (Å²) in [6.45, 7) is 2.81. The first kappa shape index (κ1) is 12.9. The Labute approximate surface area is 110 Å². The monoisotopic (exact) mass is 253 g/mol. The molecule has 3 fully saturated rings. The molecule has 0 aromatic rings. The third kappa shape index (κ3) is 2.45. The molecule has 0 amide bonds. The molecule has 1 atom stereocenters. The molecule has 3 aliphatic rings. The molecule has 3 heteroatoms. The van der Waals surface area contributed by atoms with Gasteiger partial charge in [-0.2, -0.15) is 0 Å². The van der Waals surface area contributed by atoms with Gasteiger partial charge in [-0.25, -0.2) is 0 Å². The fourth-order valence-electron chi connectivity index (χ4n) is 4.30. The van der Waals surface area contributed by atoms with Crippen molar-refractivity contribution >= 4 is 0 Å². The Hall–Kier alpha value is -0.120. The van der Waals surface area contributed by atoms with Crippen LogP contribution in [0.15, 0.2) is 0 Å². The number of rotatable bonds is 1. The predicted octanol–water partition coefficient (Wildman–Crippen LogP) is 2.23. The van der Waals surface area contributed by atoms with Crippen LogP contribution >= 0.6 is 0 Å². The molecule has 18 heavy (non-hydrogen) atoms. The molecule has 104 valence electrons. The predicted molar refractivity (Wildman–Crippen MR) is 71.5 cm³/mol. The fourth-order valence-corrected chi connectivity index (χ4v) is 4.30. The molecule has 2 aliphatic heterocycles. The summed E-state index contributed by atoms with van der Waals surface area (Å²) in [6, 6.07) is 0. The van der Waals surface area contributed by atoms with E-state index >= 15 is 0 Å². The number of hydrogen-bond donors (Lipinski definition) is 2. The largest absolute Gasteiger partial charge is 0.389 e. The van der Waals surface area contributed by atoms with Gasteiger partial charge in [-0.1, -0.05) is 19.3 Å². The van der Waals surface area contributed by atoms with Crippen molar-refractivity contribution in [3.63, 3.8) is 0 Å². The van der Waals surface area contributed by atoms with Gasteiger partial charge in [0.2, 0.25) is 0 Å². The molecule has 1 spiro atoms. The van der Waals surface area contributed by atoms with Gasteiger partial charge in [-0.05, 0) is 57.5 Å². The number of ether oxygens (including phenoxy) is 1. The van der Waals surface area contributed by atoms with E-state index in [9.17, 15) is 5.11 Å². The molecule has 2 N–H and O–H groups in total. The molecule has 0 aromatic heterocycles. The van der Waals surface area contributed by atoms with Crippen molar-refractivity contribution in [3.05, 3.63) is 0 Å². The molecule has 1 aliphatic carbocycles. The number of piperidine rings is 1. The van der Waals surface area contributed by atoms with Crippen LogP contribution in [-0.4, -0.2) is 36.0 Å². The Kier molecular flexibility index (Phi) is 3.65. The maximum atomic E-state index is 10.9. The summed E-state index contributed by atoms with van der Waals surface area (Å²) in [5, 5.41) is 14.3. The van der Waals surface area contributed by atoms with Gasteiger partial charge in [0.25, 0.3) is 0 Å². The second kappa shape index (κ2) is 5.10. The zero-order valence-electron chi connectivity index (χ0n) is 11.4. The molecule has 3 rings (SSSR count). The molecule has 3 nitrogen and oxygen atoms in total. The average molecular weight is 253 g/mol. The van der Waals surface area contributed by atoms with E-state index in [0.29, 0.717) is 5.92 Å². The van der Waals surface area contributed by atoms with Crippen molar-refractivity contribution in [3.8, 4) is 0 Å². The normalized spacial score (nSPS) is 35.5. The zero-order chi connectivity index (χ0) is 12.5. The highest BCUT2D eigenvalue weighted by atomic mass is 16.5. The van der Waals surface area contributed by atoms with Gasteiger partial charge in [0.05, 0.1) is 11.2 Å². The highest BCUT2D eigenvalue weighted by Crippen LogP contribution is 2.45. The molecule has 0 radical (unpaired) electrons. The third-order valence-corrected chi connectivity index (χ3v) is 5.49. The Bertz CT molecular complexity index is 261. The molecule has 0 aromatic carbocycles. The summed E-state index contributed by atoms with van der Waals surface area (Å²) in [4.78, 5) is 0. The van der Waals surface area contributed by atoms with Gasteiger partial charge < -0.3 is 15.2 Å². The van der Waals surface area contributed by atoms with Crippen LogP contribution in [0.3, 0.4) is 0 Å². The van der Waals surface area contributed by atoms with Crippen LogP contribution in [0.2, 0.25) is 0 Å². The van der Waals surface area contributed by atoms with E-state index in [2.05, 4.69) is 5.32 Å². The first-order valence-electron chi connectivity index (χ1n) is 7.80. The highest BCUT2D eigenvalue weighted by molar-refractivity contribution is 4.98. The average Bonchev–Trinajstić information content (AvgIpc) is 2.41. The third-order valence-electron chi connectivity index (χ3n) is 5.49. The summed E-state index contributed by atoms with van der Waals surface area (Å²) in [6.07, 6.45) is 10.4. The minimum Gasteiger partial charge on any atom is -0.389 e. The molecular formula is C15H27NO2. The first-order chi connectivity index (χ1) is 8.73. The SMILES string of the molecule is OC1(C2CCOC3(CCCCC3)C2)CCNCC1. The lowest BCUT2D eigenvalue weighted by atomic mass is 9.68. The van der Waals surface area contributed by atoms with Crippen molar-refractivity contribution in [2.45, 2.75) is 69.0 Å². The first-order valence-corrected chi connectivity index (χ1v) is 7.80. The molecular weight excluding hydrogens is 226 g/mol. The van der Waals surface area contributed by atoms with E-state index in [-0.39, 0.29) is 5.60 Å². The second-order valence-corrected chi connectivity index (χ2v) is 6.64. The number of hydrogen-bond acceptors (Lipinski definition) is 3. The molecule has 2 heterocycles. The number of aliphatic hydroxyl groups is 1. The zero-order valence-corrected chi connectivity index (χ0v) is 11.4. The van der Waals surface area contributed by atoms with Gasteiger partial charge in [0, 0.05) is 6.61 Å². The highest BCUT2D eigenvalue weighted by Gasteiger charge is 2.46. The van der Waals surface area contributed by atoms with Gasteiger partial charge in [-0.15, -0.1) is 0 Å². The summed E-state index contributed by atoms with van der Waals surface area (Å²) in [5.74, 6) is 0.464. The van der Waals surface area contributed by atoms with Crippen LogP contribution in [-0.2, 0) is 4.74 Å². The molecule has 1 unspecified atom stereocenters. The Morgan fingerprint density at radius 2 is 1.72 bits per heavy atom. The summed E-state index contributed by atoms with van der Waals surface area (Å²) < 4.78 is 6.15. The van der Waals surface area contributed by atoms with Crippen LogP contribution in [0, 0.1) is 5.92 Å². The van der Waals surface area contributed by atoms with Gasteiger partial charge in [0.1, 0.15) is 0 Å². The summed E-state index contributed by atoms with van der Waals surface area (Å²) in [7, 11) is 0. The van der Waals surface area contributed by atoms with Crippen LogP contribution in [0.25, 0.3) is 0 Å². The standard InChI is InChI=1S/C15H27NO2/c17-15(7-9-16-10-8-15)13-4-11-18-14(12-13)5-2-1-3-6-14/h13,16-17H,1-12H2. The van der Waals surface area contributed by atoms with E-state index in [1.54, 1.807) is 0 Å². The van der Waals surface area contributed by atoms with Crippen LogP contribution in [0.5, 0.6) is 0 Å². The summed E-state index contributed by atoms with van der Waals surface area (Å²) in [5.41, 5.74) is -0.290. The van der Waals surface area contributed by atoms with E-state index in [1.807, 2.05) is 0 Å². The second-order valence-electron chi connectivity index (χ2n) is 6.64. The van der Waals surface area contributed by atoms with Crippen molar-refractivity contribution in [2.75, 3.05) is 19.7 Å². The van der Waals surface area contributed by atoms with E-state index in [0.717, 1.165) is 45.4 Å². The topological polar surface area (TPSA) is 41.5 Å². The minimum atomic E-state index is -0.417. The van der Waals surface area contributed by atoms with Gasteiger partial charge in [-0.3, -0.25) is 0 Å². The maximum absolute atomic E-state index is 10.9. The van der Waals surface area contributed by atoms with Gasteiger partial charge in [0.15, 0.2) is 0 Å². The van der Waals surface area contributed by atoms with Crippen molar-refractivity contribution < 1.29 is 9.84 Å². The fraction of sp³-hybridized carbons (Fsp3) is 1.00. The van der Waals surface area contributed by atoms with Crippen LogP contribution < -0.4 is 5.32 Å². The van der Waals surface area contributed by atoms with Gasteiger partial charge >= 0.3 is 0 Å². The molecule has 0 bridgehead atoms. The smallest absolute Gasteiger partial charge is 0.0701 e. The quantitative estimate of drug-likeness (QED) is 0.753. The summed E-state index contributed by atoms with van der Waals surface area (Å²) >= 11 is 0. The lowest BCUT2D eigenvalue weighted by Gasteiger charge is -2.49. The minimum absolute atomic E-state index is 0.127. The van der Waals surface area contributed by atoms with Crippen molar-refractivity contribution in [2.24, 2.45) is 5.92 Å². The van der Waals surface area contributed by atoms with E-state index in [1.165, 1.54) is 32.1 Å². The lowest BCUT2D eigenvalue weighted by Crippen LogP contribution is -2.53. The Balaban J connectivity index is 1.69. The Morgan fingerprint density at radius 3 is 2.44 bits per heavy atom. The Morgan fingerprint density at radius 1 is 1.00 bits per heavy atom. The molecule has 1 saturated carbocycles. The van der Waals surface area contributed by atoms with Crippen LogP contribution in [0.1, 0.15) is 57.8 Å². The van der Waals surface area contributed by atoms with E-state index in [4.69, 9.17) is 4.74 Å². The van der Waals surface area contributed by atoms with Crippen LogP contribution in [0.4, 0.5) is 0 Å². The molecule has 2 saturated heterocycles. The maximum Gasteiger partial charge on any atom is 0.0701 e. The van der Waals surface area contributed by atoms with Crippen molar-refractivity contribution in [1.82, 2.24) is 5.32 Å². The lowest BCUT2D eigenvalue weighted by molar-refractivity contribution is -0.161. The van der Waals surface area contributed by atoms with E-state index < -0.39 is 5.60 Å². The number of nitrogens with one attached hydrogen (secondary N) is 1.